The van der Waals surface area contributed by atoms with Crippen LogP contribution in [0.4, 0.5) is 19.0 Å². The van der Waals surface area contributed by atoms with Gasteiger partial charge in [0.25, 0.3) is 0 Å². The summed E-state index contributed by atoms with van der Waals surface area (Å²) >= 11 is 0. The molecule has 1 aromatic heterocycles. The summed E-state index contributed by atoms with van der Waals surface area (Å²) in [6, 6.07) is 2.87. The number of nitrogen functional groups attached to an aromatic ring is 1. The van der Waals surface area contributed by atoms with Gasteiger partial charge in [-0.15, -0.1) is 13.2 Å². The van der Waals surface area contributed by atoms with Gasteiger partial charge in [0.15, 0.2) is 5.75 Å². The number of pyridine rings is 1. The second-order valence-electron chi connectivity index (χ2n) is 3.07. The lowest BCUT2D eigenvalue weighted by atomic mass is 10.1. The van der Waals surface area contributed by atoms with Gasteiger partial charge in [0.1, 0.15) is 5.82 Å². The number of aromatic nitrogens is 1. The SMILES string of the molecule is N#CCc1cc(N)nc(CN)c1OC(F)(F)F. The quantitative estimate of drug-likeness (QED) is 0.831. The van der Waals surface area contributed by atoms with Gasteiger partial charge < -0.3 is 16.2 Å². The highest BCUT2D eigenvalue weighted by molar-refractivity contribution is 5.47. The number of alkyl halides is 3. The van der Waals surface area contributed by atoms with Crippen LogP contribution in [0.2, 0.25) is 0 Å². The molecular formula is C9H9F3N4O. The van der Waals surface area contributed by atoms with Crippen LogP contribution in [0.3, 0.4) is 0 Å². The Kier molecular flexibility index (Phi) is 3.75. The number of hydrogen-bond acceptors (Lipinski definition) is 5. The first-order valence-corrected chi connectivity index (χ1v) is 4.48. The van der Waals surface area contributed by atoms with E-state index in [1.807, 2.05) is 0 Å². The van der Waals surface area contributed by atoms with Gasteiger partial charge >= 0.3 is 6.36 Å². The third kappa shape index (κ3) is 3.49. The maximum absolute atomic E-state index is 12.2. The molecule has 0 fully saturated rings. The van der Waals surface area contributed by atoms with Gasteiger partial charge in [0, 0.05) is 12.1 Å². The van der Waals surface area contributed by atoms with Crippen molar-refractivity contribution >= 4 is 5.82 Å². The second-order valence-corrected chi connectivity index (χ2v) is 3.07. The Morgan fingerprint density at radius 3 is 2.59 bits per heavy atom. The molecule has 5 nitrogen and oxygen atoms in total. The van der Waals surface area contributed by atoms with E-state index in [-0.39, 0.29) is 30.0 Å². The van der Waals surface area contributed by atoms with E-state index in [9.17, 15) is 13.2 Å². The maximum atomic E-state index is 12.2. The normalized spacial score (nSPS) is 11.0. The van der Waals surface area contributed by atoms with E-state index in [1.165, 1.54) is 0 Å². The zero-order chi connectivity index (χ0) is 13.1. The zero-order valence-electron chi connectivity index (χ0n) is 8.58. The fraction of sp³-hybridized carbons (Fsp3) is 0.333. The van der Waals surface area contributed by atoms with Crippen LogP contribution in [0.1, 0.15) is 11.3 Å². The van der Waals surface area contributed by atoms with Crippen LogP contribution in [0.5, 0.6) is 5.75 Å². The topological polar surface area (TPSA) is 98.0 Å². The number of nitrogens with zero attached hydrogens (tertiary/aromatic N) is 2. The molecule has 0 saturated heterocycles. The molecule has 0 amide bonds. The van der Waals surface area contributed by atoms with Crippen LogP contribution in [0.25, 0.3) is 0 Å². The van der Waals surface area contributed by atoms with Gasteiger partial charge in [0.2, 0.25) is 0 Å². The first-order chi connectivity index (χ1) is 7.87. The van der Waals surface area contributed by atoms with Crippen molar-refractivity contribution in [2.45, 2.75) is 19.3 Å². The van der Waals surface area contributed by atoms with E-state index in [0.29, 0.717) is 0 Å². The van der Waals surface area contributed by atoms with Gasteiger partial charge in [-0.05, 0) is 6.07 Å². The Morgan fingerprint density at radius 1 is 1.47 bits per heavy atom. The minimum atomic E-state index is -4.87. The number of hydrogen-bond donors (Lipinski definition) is 2. The molecule has 0 unspecified atom stereocenters. The van der Waals surface area contributed by atoms with E-state index in [1.54, 1.807) is 6.07 Å². The average molecular weight is 246 g/mol. The fourth-order valence-electron chi connectivity index (χ4n) is 1.26. The molecule has 0 aliphatic rings. The summed E-state index contributed by atoms with van der Waals surface area (Å²) in [4.78, 5) is 3.64. The van der Waals surface area contributed by atoms with Crippen LogP contribution >= 0.6 is 0 Å². The molecular weight excluding hydrogens is 237 g/mol. The Hall–Kier alpha value is -2.01. The first kappa shape index (κ1) is 13.1. The smallest absolute Gasteiger partial charge is 0.403 e. The molecule has 1 aromatic rings. The highest BCUT2D eigenvalue weighted by Crippen LogP contribution is 2.30. The molecule has 0 aromatic carbocycles. The molecule has 0 saturated carbocycles. The average Bonchev–Trinajstić information content (AvgIpc) is 2.20. The van der Waals surface area contributed by atoms with Crippen LogP contribution in [-0.4, -0.2) is 11.3 Å². The maximum Gasteiger partial charge on any atom is 0.573 e. The van der Waals surface area contributed by atoms with Gasteiger partial charge in [-0.3, -0.25) is 0 Å². The zero-order valence-corrected chi connectivity index (χ0v) is 8.58. The Bertz CT molecular complexity index is 453. The molecule has 0 aliphatic carbocycles. The predicted octanol–water partition coefficient (Wildman–Crippen LogP) is 1.09. The van der Waals surface area contributed by atoms with E-state index < -0.39 is 12.1 Å². The minimum absolute atomic E-state index is 0.00905. The van der Waals surface area contributed by atoms with Gasteiger partial charge in [-0.1, -0.05) is 0 Å². The van der Waals surface area contributed by atoms with Crippen LogP contribution in [0.15, 0.2) is 6.07 Å². The van der Waals surface area contributed by atoms with Crippen LogP contribution < -0.4 is 16.2 Å². The van der Waals surface area contributed by atoms with Crippen molar-refractivity contribution in [1.29, 1.82) is 5.26 Å². The molecule has 0 spiro atoms. The van der Waals surface area contributed by atoms with E-state index in [0.717, 1.165) is 6.07 Å². The Morgan fingerprint density at radius 2 is 2.12 bits per heavy atom. The lowest BCUT2D eigenvalue weighted by Crippen LogP contribution is -2.21. The lowest BCUT2D eigenvalue weighted by molar-refractivity contribution is -0.275. The summed E-state index contributed by atoms with van der Waals surface area (Å²) in [5, 5.41) is 8.52. The number of ether oxygens (including phenoxy) is 1. The molecule has 0 bridgehead atoms. The molecule has 0 atom stereocenters. The predicted molar refractivity (Wildman–Crippen MR) is 52.5 cm³/mol. The van der Waals surface area contributed by atoms with Gasteiger partial charge in [-0.25, -0.2) is 4.98 Å². The molecule has 4 N–H and O–H groups in total. The Labute approximate surface area is 94.8 Å². The summed E-state index contributed by atoms with van der Waals surface area (Å²) in [5.74, 6) is -0.555. The fourth-order valence-corrected chi connectivity index (χ4v) is 1.26. The minimum Gasteiger partial charge on any atom is -0.403 e. The molecule has 0 radical (unpaired) electrons. The summed E-state index contributed by atoms with van der Waals surface area (Å²) in [6.45, 7) is -0.269. The summed E-state index contributed by atoms with van der Waals surface area (Å²) in [7, 11) is 0. The van der Waals surface area contributed by atoms with Crippen LogP contribution in [0, 0.1) is 11.3 Å². The van der Waals surface area contributed by atoms with Gasteiger partial charge in [0.05, 0.1) is 18.2 Å². The van der Waals surface area contributed by atoms with Gasteiger partial charge in [-0.2, -0.15) is 5.26 Å². The van der Waals surface area contributed by atoms with E-state index >= 15 is 0 Å². The number of halogens is 3. The summed E-state index contributed by atoms with van der Waals surface area (Å²) < 4.78 is 40.3. The van der Waals surface area contributed by atoms with E-state index in [2.05, 4.69) is 9.72 Å². The molecule has 8 heteroatoms. The first-order valence-electron chi connectivity index (χ1n) is 4.48. The third-order valence-corrected chi connectivity index (χ3v) is 1.82. The molecule has 0 aliphatic heterocycles. The van der Waals surface area contributed by atoms with Crippen molar-refractivity contribution < 1.29 is 17.9 Å². The molecule has 1 heterocycles. The monoisotopic (exact) mass is 246 g/mol. The highest BCUT2D eigenvalue weighted by Gasteiger charge is 2.33. The van der Waals surface area contributed by atoms with Crippen molar-refractivity contribution in [1.82, 2.24) is 4.98 Å². The molecule has 92 valence electrons. The van der Waals surface area contributed by atoms with Crippen molar-refractivity contribution in [2.75, 3.05) is 5.73 Å². The molecule has 17 heavy (non-hydrogen) atoms. The second kappa shape index (κ2) is 4.88. The highest BCUT2D eigenvalue weighted by atomic mass is 19.4. The number of nitrogens with two attached hydrogens (primary N) is 2. The number of anilines is 1. The van der Waals surface area contributed by atoms with Crippen molar-refractivity contribution in [3.63, 3.8) is 0 Å². The third-order valence-electron chi connectivity index (χ3n) is 1.82. The Balaban J connectivity index is 3.27. The lowest BCUT2D eigenvalue weighted by Gasteiger charge is -2.15. The summed E-state index contributed by atoms with van der Waals surface area (Å²) in [6.07, 6.45) is -5.14. The van der Waals surface area contributed by atoms with Crippen molar-refractivity contribution in [3.8, 4) is 11.8 Å². The standard InChI is InChI=1S/C9H9F3N4O/c10-9(11,12)17-8-5(1-2-13)3-7(15)16-6(8)4-14/h3H,1,4,14H2,(H2,15,16). The van der Waals surface area contributed by atoms with Crippen LogP contribution in [-0.2, 0) is 13.0 Å². The number of rotatable bonds is 3. The number of nitriles is 1. The van der Waals surface area contributed by atoms with Crippen molar-refractivity contribution in [2.24, 2.45) is 5.73 Å². The largest absolute Gasteiger partial charge is 0.573 e. The molecule has 1 rings (SSSR count). The summed E-state index contributed by atoms with van der Waals surface area (Å²) in [5.41, 5.74) is 10.5. The van der Waals surface area contributed by atoms with Crippen molar-refractivity contribution in [3.05, 3.63) is 17.3 Å². The van der Waals surface area contributed by atoms with E-state index in [4.69, 9.17) is 16.7 Å².